The summed E-state index contributed by atoms with van der Waals surface area (Å²) >= 11 is 6.07. The lowest BCUT2D eigenvalue weighted by Gasteiger charge is -2.27. The molecule has 0 radical (unpaired) electrons. The SMILES string of the molecule is CN1CCC(c2csc(CCCS)n2)CC1. The molecule has 0 aliphatic carbocycles. The van der Waals surface area contributed by atoms with E-state index in [1.54, 1.807) is 0 Å². The van der Waals surface area contributed by atoms with Gasteiger partial charge in [-0.2, -0.15) is 12.6 Å². The van der Waals surface area contributed by atoms with Gasteiger partial charge >= 0.3 is 0 Å². The largest absolute Gasteiger partial charge is 0.306 e. The third kappa shape index (κ3) is 3.22. The zero-order valence-electron chi connectivity index (χ0n) is 9.85. The lowest BCUT2D eigenvalue weighted by atomic mass is 9.95. The first-order chi connectivity index (χ1) is 7.79. The Kier molecular flexibility index (Phi) is 4.67. The highest BCUT2D eigenvalue weighted by Gasteiger charge is 2.20. The average molecular weight is 256 g/mol. The third-order valence-electron chi connectivity index (χ3n) is 3.26. The highest BCUT2D eigenvalue weighted by atomic mass is 32.1. The van der Waals surface area contributed by atoms with Gasteiger partial charge in [-0.15, -0.1) is 11.3 Å². The molecule has 0 spiro atoms. The van der Waals surface area contributed by atoms with Crippen molar-refractivity contribution in [1.29, 1.82) is 0 Å². The maximum Gasteiger partial charge on any atom is 0.0928 e. The number of hydrogen-bond acceptors (Lipinski definition) is 4. The van der Waals surface area contributed by atoms with Gasteiger partial charge in [0.2, 0.25) is 0 Å². The molecule has 0 saturated carbocycles. The molecule has 0 aromatic carbocycles. The molecular formula is C12H20N2S2. The van der Waals surface area contributed by atoms with E-state index < -0.39 is 0 Å². The van der Waals surface area contributed by atoms with Crippen molar-refractivity contribution in [3.63, 3.8) is 0 Å². The van der Waals surface area contributed by atoms with E-state index in [4.69, 9.17) is 4.98 Å². The standard InChI is InChI=1S/C12H20N2S2/c1-14-6-4-10(5-7-14)11-9-16-12(13-11)3-2-8-15/h9-10,15H,2-8H2,1H3. The van der Waals surface area contributed by atoms with Crippen molar-refractivity contribution in [3.05, 3.63) is 16.1 Å². The second-order valence-electron chi connectivity index (χ2n) is 4.57. The normalized spacial score (nSPS) is 19.1. The van der Waals surface area contributed by atoms with Crippen LogP contribution in [0.3, 0.4) is 0 Å². The van der Waals surface area contributed by atoms with Gasteiger partial charge in [0.1, 0.15) is 0 Å². The Labute approximate surface area is 107 Å². The zero-order valence-corrected chi connectivity index (χ0v) is 11.6. The molecule has 2 rings (SSSR count). The molecule has 0 atom stereocenters. The van der Waals surface area contributed by atoms with Crippen LogP contribution in [0.5, 0.6) is 0 Å². The molecule has 2 nitrogen and oxygen atoms in total. The fraction of sp³-hybridized carbons (Fsp3) is 0.750. The number of likely N-dealkylation sites (tertiary alicyclic amines) is 1. The summed E-state index contributed by atoms with van der Waals surface area (Å²) in [5.74, 6) is 1.67. The van der Waals surface area contributed by atoms with Gasteiger partial charge in [-0.3, -0.25) is 0 Å². The lowest BCUT2D eigenvalue weighted by molar-refractivity contribution is 0.253. The van der Waals surface area contributed by atoms with Crippen LogP contribution in [-0.2, 0) is 6.42 Å². The quantitative estimate of drug-likeness (QED) is 0.834. The van der Waals surface area contributed by atoms with E-state index in [-0.39, 0.29) is 0 Å². The van der Waals surface area contributed by atoms with Crippen LogP contribution >= 0.6 is 24.0 Å². The number of thiazole rings is 1. The fourth-order valence-corrected chi connectivity index (χ4v) is 3.24. The summed E-state index contributed by atoms with van der Waals surface area (Å²) in [6.07, 6.45) is 4.78. The summed E-state index contributed by atoms with van der Waals surface area (Å²) in [4.78, 5) is 7.17. The molecule has 1 saturated heterocycles. The van der Waals surface area contributed by atoms with E-state index in [2.05, 4.69) is 30.0 Å². The predicted molar refractivity (Wildman–Crippen MR) is 73.8 cm³/mol. The molecule has 90 valence electrons. The number of hydrogen-bond donors (Lipinski definition) is 1. The van der Waals surface area contributed by atoms with E-state index in [0.717, 1.165) is 18.6 Å². The summed E-state index contributed by atoms with van der Waals surface area (Å²) in [6.45, 7) is 2.43. The summed E-state index contributed by atoms with van der Waals surface area (Å²) in [5.41, 5.74) is 1.34. The summed E-state index contributed by atoms with van der Waals surface area (Å²) in [5, 5.41) is 3.56. The Balaban J connectivity index is 1.91. The number of aryl methyl sites for hydroxylation is 1. The van der Waals surface area contributed by atoms with E-state index in [0.29, 0.717) is 5.92 Å². The fourth-order valence-electron chi connectivity index (χ4n) is 2.16. The van der Waals surface area contributed by atoms with Crippen molar-refractivity contribution in [2.24, 2.45) is 0 Å². The van der Waals surface area contributed by atoms with Crippen LogP contribution < -0.4 is 0 Å². The number of nitrogens with zero attached hydrogens (tertiary/aromatic N) is 2. The molecule has 1 aromatic rings. The number of piperidine rings is 1. The van der Waals surface area contributed by atoms with Crippen LogP contribution in [0, 0.1) is 0 Å². The van der Waals surface area contributed by atoms with Crippen LogP contribution in [0.2, 0.25) is 0 Å². The van der Waals surface area contributed by atoms with Crippen molar-refractivity contribution in [2.75, 3.05) is 25.9 Å². The van der Waals surface area contributed by atoms with E-state index in [9.17, 15) is 0 Å². The summed E-state index contributed by atoms with van der Waals surface area (Å²) in [7, 11) is 2.20. The van der Waals surface area contributed by atoms with Crippen molar-refractivity contribution in [3.8, 4) is 0 Å². The monoisotopic (exact) mass is 256 g/mol. The van der Waals surface area contributed by atoms with Gasteiger partial charge in [0.15, 0.2) is 0 Å². The highest BCUT2D eigenvalue weighted by molar-refractivity contribution is 7.80. The first-order valence-electron chi connectivity index (χ1n) is 6.03. The molecule has 1 fully saturated rings. The van der Waals surface area contributed by atoms with Crippen LogP contribution in [0.25, 0.3) is 0 Å². The first kappa shape index (κ1) is 12.4. The Morgan fingerprint density at radius 2 is 2.25 bits per heavy atom. The highest BCUT2D eigenvalue weighted by Crippen LogP contribution is 2.28. The van der Waals surface area contributed by atoms with Gasteiger partial charge < -0.3 is 4.90 Å². The Morgan fingerprint density at radius 1 is 1.50 bits per heavy atom. The minimum Gasteiger partial charge on any atom is -0.306 e. The first-order valence-corrected chi connectivity index (χ1v) is 7.54. The van der Waals surface area contributed by atoms with Crippen molar-refractivity contribution >= 4 is 24.0 Å². The van der Waals surface area contributed by atoms with Crippen LogP contribution in [0.15, 0.2) is 5.38 Å². The molecule has 0 amide bonds. The number of aromatic nitrogens is 1. The van der Waals surface area contributed by atoms with Crippen molar-refractivity contribution < 1.29 is 0 Å². The minimum atomic E-state index is 0.706. The molecular weight excluding hydrogens is 236 g/mol. The van der Waals surface area contributed by atoms with Crippen LogP contribution in [0.4, 0.5) is 0 Å². The Hall–Kier alpha value is -0.0600. The molecule has 1 aliphatic rings. The molecule has 0 N–H and O–H groups in total. The lowest BCUT2D eigenvalue weighted by Crippen LogP contribution is -2.29. The molecule has 0 unspecified atom stereocenters. The maximum atomic E-state index is 4.76. The van der Waals surface area contributed by atoms with Crippen LogP contribution in [0.1, 0.15) is 35.9 Å². The van der Waals surface area contributed by atoms with Crippen LogP contribution in [-0.4, -0.2) is 35.8 Å². The third-order valence-corrected chi connectivity index (χ3v) is 4.50. The van der Waals surface area contributed by atoms with Gasteiger partial charge in [-0.1, -0.05) is 0 Å². The predicted octanol–water partition coefficient (Wildman–Crippen LogP) is 2.81. The summed E-state index contributed by atoms with van der Waals surface area (Å²) < 4.78 is 0. The number of rotatable bonds is 4. The minimum absolute atomic E-state index is 0.706. The molecule has 1 aromatic heterocycles. The number of thiol groups is 1. The smallest absolute Gasteiger partial charge is 0.0928 e. The Bertz CT molecular complexity index is 317. The second-order valence-corrected chi connectivity index (χ2v) is 5.96. The van der Waals surface area contributed by atoms with Gasteiger partial charge in [-0.25, -0.2) is 4.98 Å². The molecule has 2 heterocycles. The second kappa shape index (κ2) is 6.03. The van der Waals surface area contributed by atoms with Gasteiger partial charge in [0.05, 0.1) is 10.7 Å². The average Bonchev–Trinajstić information content (AvgIpc) is 2.76. The van der Waals surface area contributed by atoms with E-state index in [1.165, 1.54) is 36.6 Å². The Morgan fingerprint density at radius 3 is 2.94 bits per heavy atom. The van der Waals surface area contributed by atoms with Gasteiger partial charge in [0, 0.05) is 17.7 Å². The topological polar surface area (TPSA) is 16.1 Å². The maximum absolute atomic E-state index is 4.76. The molecule has 4 heteroatoms. The summed E-state index contributed by atoms with van der Waals surface area (Å²) in [6, 6.07) is 0. The van der Waals surface area contributed by atoms with Crippen molar-refractivity contribution in [1.82, 2.24) is 9.88 Å². The van der Waals surface area contributed by atoms with Gasteiger partial charge in [0.25, 0.3) is 0 Å². The van der Waals surface area contributed by atoms with Gasteiger partial charge in [-0.05, 0) is 45.2 Å². The molecule has 1 aliphatic heterocycles. The van der Waals surface area contributed by atoms with E-state index in [1.807, 2.05) is 11.3 Å². The molecule has 0 bridgehead atoms. The zero-order chi connectivity index (χ0) is 11.4. The van der Waals surface area contributed by atoms with E-state index >= 15 is 0 Å². The van der Waals surface area contributed by atoms with Crippen molar-refractivity contribution in [2.45, 2.75) is 31.6 Å². The molecule has 16 heavy (non-hydrogen) atoms.